The summed E-state index contributed by atoms with van der Waals surface area (Å²) in [5.41, 5.74) is 1.43. The predicted molar refractivity (Wildman–Crippen MR) is 72.4 cm³/mol. The second-order valence-electron chi connectivity index (χ2n) is 4.44. The van der Waals surface area contributed by atoms with Gasteiger partial charge in [-0.1, -0.05) is 6.07 Å². The zero-order valence-electron chi connectivity index (χ0n) is 11.3. The molecule has 20 heavy (non-hydrogen) atoms. The number of hydrogen-bond acceptors (Lipinski definition) is 5. The number of sulfonamides is 1. The van der Waals surface area contributed by atoms with Crippen LogP contribution in [0.2, 0.25) is 0 Å². The molecule has 0 saturated heterocycles. The van der Waals surface area contributed by atoms with Gasteiger partial charge in [-0.3, -0.25) is 0 Å². The van der Waals surface area contributed by atoms with E-state index >= 15 is 0 Å². The molecule has 6 nitrogen and oxygen atoms in total. The lowest BCUT2D eigenvalue weighted by Gasteiger charge is -2.08. The highest BCUT2D eigenvalue weighted by Crippen LogP contribution is 2.16. The molecule has 2 N–H and O–H groups in total. The van der Waals surface area contributed by atoms with E-state index in [1.54, 1.807) is 13.0 Å². The van der Waals surface area contributed by atoms with Crippen molar-refractivity contribution in [1.82, 2.24) is 9.71 Å². The maximum Gasteiger partial charge on any atom is 0.241 e. The molecule has 0 amide bonds. The molecule has 0 spiro atoms. The van der Waals surface area contributed by atoms with E-state index in [1.807, 2.05) is 6.92 Å². The van der Waals surface area contributed by atoms with Crippen molar-refractivity contribution in [2.24, 2.45) is 0 Å². The van der Waals surface area contributed by atoms with Gasteiger partial charge in [-0.05, 0) is 37.1 Å². The number of nitrogens with one attached hydrogen (secondary N) is 1. The lowest BCUT2D eigenvalue weighted by atomic mass is 10.1. The number of nitrogens with zero attached hydrogens (tertiary/aromatic N) is 1. The first-order valence-corrected chi connectivity index (χ1v) is 7.52. The van der Waals surface area contributed by atoms with Gasteiger partial charge < -0.3 is 9.52 Å². The van der Waals surface area contributed by atoms with Gasteiger partial charge in [0.25, 0.3) is 0 Å². The molecule has 0 unspecified atom stereocenters. The Morgan fingerprint density at radius 2 is 2.10 bits per heavy atom. The summed E-state index contributed by atoms with van der Waals surface area (Å²) in [5.74, 6) is 0.928. The third-order valence-corrected chi connectivity index (χ3v) is 4.28. The Balaban J connectivity index is 2.17. The average Bonchev–Trinajstić information content (AvgIpc) is 2.83. The summed E-state index contributed by atoms with van der Waals surface area (Å²) in [5, 5.41) is 9.18. The van der Waals surface area contributed by atoms with Crippen LogP contribution in [0.5, 0.6) is 0 Å². The summed E-state index contributed by atoms with van der Waals surface area (Å²) in [6.07, 6.45) is 1.53. The fourth-order valence-electron chi connectivity index (χ4n) is 1.71. The number of benzene rings is 1. The number of aryl methyl sites for hydroxylation is 2. The van der Waals surface area contributed by atoms with E-state index in [1.165, 1.54) is 18.3 Å². The Kier molecular flexibility index (Phi) is 4.22. The highest BCUT2D eigenvalue weighted by atomic mass is 32.2. The molecule has 0 atom stereocenters. The number of hydrogen-bond donors (Lipinski definition) is 2. The van der Waals surface area contributed by atoms with Crippen molar-refractivity contribution < 1.29 is 17.9 Å². The minimum Gasteiger partial charge on any atom is -0.445 e. The van der Waals surface area contributed by atoms with Crippen LogP contribution < -0.4 is 4.72 Å². The van der Waals surface area contributed by atoms with Crippen molar-refractivity contribution in [3.63, 3.8) is 0 Å². The Bertz CT molecular complexity index is 707. The molecule has 0 radical (unpaired) electrons. The van der Waals surface area contributed by atoms with Crippen LogP contribution in [0, 0.1) is 13.8 Å². The van der Waals surface area contributed by atoms with Crippen molar-refractivity contribution >= 4 is 10.0 Å². The van der Waals surface area contributed by atoms with Gasteiger partial charge in [0.2, 0.25) is 15.9 Å². The number of oxazole rings is 1. The number of aliphatic hydroxyl groups is 1. The molecule has 108 valence electrons. The summed E-state index contributed by atoms with van der Waals surface area (Å²) >= 11 is 0. The van der Waals surface area contributed by atoms with Crippen LogP contribution in [0.25, 0.3) is 0 Å². The summed E-state index contributed by atoms with van der Waals surface area (Å²) in [4.78, 5) is 4.03. The largest absolute Gasteiger partial charge is 0.445 e. The first-order chi connectivity index (χ1) is 9.42. The predicted octanol–water partition coefficient (Wildman–Crippen LogP) is 1.26. The molecule has 0 fully saturated rings. The van der Waals surface area contributed by atoms with Crippen LogP contribution in [-0.4, -0.2) is 18.5 Å². The summed E-state index contributed by atoms with van der Waals surface area (Å²) in [6, 6.07) is 4.62. The second kappa shape index (κ2) is 5.74. The van der Waals surface area contributed by atoms with Crippen LogP contribution >= 0.6 is 0 Å². The fraction of sp³-hybridized carbons (Fsp3) is 0.308. The van der Waals surface area contributed by atoms with Gasteiger partial charge in [-0.15, -0.1) is 0 Å². The summed E-state index contributed by atoms with van der Waals surface area (Å²) < 4.78 is 31.9. The third-order valence-electron chi connectivity index (χ3n) is 2.88. The van der Waals surface area contributed by atoms with Crippen molar-refractivity contribution in [1.29, 1.82) is 0 Å². The number of aliphatic hydroxyl groups excluding tert-OH is 1. The molecule has 1 heterocycles. The van der Waals surface area contributed by atoms with Gasteiger partial charge in [0, 0.05) is 0 Å². The van der Waals surface area contributed by atoms with E-state index in [0.717, 1.165) is 5.56 Å². The molecule has 0 bridgehead atoms. The summed E-state index contributed by atoms with van der Waals surface area (Å²) in [7, 11) is -3.66. The van der Waals surface area contributed by atoms with Crippen LogP contribution in [-0.2, 0) is 23.2 Å². The van der Waals surface area contributed by atoms with Crippen LogP contribution in [0.4, 0.5) is 0 Å². The zero-order chi connectivity index (χ0) is 14.8. The molecule has 2 rings (SSSR count). The second-order valence-corrected chi connectivity index (χ2v) is 6.20. The normalized spacial score (nSPS) is 11.8. The molecule has 7 heteroatoms. The SMILES string of the molecule is Cc1cnc(CNS(=O)(=O)c2ccc(C)c(CO)c2)o1. The first-order valence-electron chi connectivity index (χ1n) is 6.04. The van der Waals surface area contributed by atoms with Gasteiger partial charge in [0.05, 0.1) is 24.2 Å². The van der Waals surface area contributed by atoms with Gasteiger partial charge in [0.15, 0.2) is 0 Å². The Morgan fingerprint density at radius 1 is 1.35 bits per heavy atom. The van der Waals surface area contributed by atoms with Crippen molar-refractivity contribution in [2.75, 3.05) is 0 Å². The van der Waals surface area contributed by atoms with Gasteiger partial charge >= 0.3 is 0 Å². The molecule has 0 aliphatic rings. The number of rotatable bonds is 5. The van der Waals surface area contributed by atoms with E-state index in [-0.39, 0.29) is 18.0 Å². The fourth-order valence-corrected chi connectivity index (χ4v) is 2.73. The van der Waals surface area contributed by atoms with E-state index in [0.29, 0.717) is 17.2 Å². The molecule has 2 aromatic rings. The minimum atomic E-state index is -3.66. The Morgan fingerprint density at radius 3 is 2.70 bits per heavy atom. The lowest BCUT2D eigenvalue weighted by Crippen LogP contribution is -2.23. The molecule has 0 saturated carbocycles. The van der Waals surface area contributed by atoms with Crippen LogP contribution in [0.1, 0.15) is 22.8 Å². The van der Waals surface area contributed by atoms with E-state index in [4.69, 9.17) is 4.42 Å². The third kappa shape index (κ3) is 3.24. The highest BCUT2D eigenvalue weighted by molar-refractivity contribution is 7.89. The Labute approximate surface area is 117 Å². The smallest absolute Gasteiger partial charge is 0.241 e. The topological polar surface area (TPSA) is 92.4 Å². The average molecular weight is 296 g/mol. The van der Waals surface area contributed by atoms with Crippen molar-refractivity contribution in [3.8, 4) is 0 Å². The monoisotopic (exact) mass is 296 g/mol. The molecule has 0 aliphatic carbocycles. The van der Waals surface area contributed by atoms with E-state index in [2.05, 4.69) is 9.71 Å². The molecular formula is C13H16N2O4S. The molecule has 1 aromatic carbocycles. The maximum absolute atomic E-state index is 12.1. The van der Waals surface area contributed by atoms with Crippen molar-refractivity contribution in [2.45, 2.75) is 31.9 Å². The quantitative estimate of drug-likeness (QED) is 0.866. The summed E-state index contributed by atoms with van der Waals surface area (Å²) in [6.45, 7) is 3.33. The van der Waals surface area contributed by atoms with Crippen molar-refractivity contribution in [3.05, 3.63) is 47.2 Å². The van der Waals surface area contributed by atoms with E-state index < -0.39 is 10.0 Å². The molecule has 1 aromatic heterocycles. The van der Waals surface area contributed by atoms with Gasteiger partial charge in [-0.2, -0.15) is 0 Å². The van der Waals surface area contributed by atoms with Gasteiger partial charge in [0.1, 0.15) is 5.76 Å². The first kappa shape index (κ1) is 14.7. The molecular weight excluding hydrogens is 280 g/mol. The van der Waals surface area contributed by atoms with E-state index in [9.17, 15) is 13.5 Å². The Hall–Kier alpha value is -1.70. The standard InChI is InChI=1S/C13H16N2O4S/c1-9-3-4-12(5-11(9)8-16)20(17,18)15-7-13-14-6-10(2)19-13/h3-6,15-16H,7-8H2,1-2H3. The maximum atomic E-state index is 12.1. The zero-order valence-corrected chi connectivity index (χ0v) is 12.1. The lowest BCUT2D eigenvalue weighted by molar-refractivity contribution is 0.280. The minimum absolute atomic E-state index is 0.0154. The molecule has 0 aliphatic heterocycles. The van der Waals surface area contributed by atoms with Crippen LogP contribution in [0.3, 0.4) is 0 Å². The van der Waals surface area contributed by atoms with Gasteiger partial charge in [-0.25, -0.2) is 18.1 Å². The highest BCUT2D eigenvalue weighted by Gasteiger charge is 2.16. The number of aromatic nitrogens is 1. The van der Waals surface area contributed by atoms with Crippen LogP contribution in [0.15, 0.2) is 33.7 Å².